The number of nitrogens with two attached hydrogens (primary N) is 1. The van der Waals surface area contributed by atoms with Crippen LogP contribution in [0.25, 0.3) is 0 Å². The Morgan fingerprint density at radius 1 is 1.14 bits per heavy atom. The molecule has 7 heteroatoms. The highest BCUT2D eigenvalue weighted by Gasteiger charge is 2.20. The van der Waals surface area contributed by atoms with E-state index < -0.39 is 15.8 Å². The number of hydrogen-bond acceptors (Lipinski definition) is 3. The first kappa shape index (κ1) is 15.6. The highest BCUT2D eigenvalue weighted by Crippen LogP contribution is 2.28. The fourth-order valence-electron chi connectivity index (χ4n) is 1.77. The summed E-state index contributed by atoms with van der Waals surface area (Å²) in [6.45, 7) is 3.79. The van der Waals surface area contributed by atoms with E-state index in [-0.39, 0.29) is 15.6 Å². The predicted octanol–water partition coefficient (Wildman–Crippen LogP) is 3.48. The van der Waals surface area contributed by atoms with Gasteiger partial charge in [-0.15, -0.1) is 0 Å². The summed E-state index contributed by atoms with van der Waals surface area (Å²) in [6, 6.07) is 7.02. The summed E-state index contributed by atoms with van der Waals surface area (Å²) in [5.74, 6) is -0.759. The van der Waals surface area contributed by atoms with E-state index in [9.17, 15) is 12.8 Å². The van der Waals surface area contributed by atoms with Crippen molar-refractivity contribution in [2.45, 2.75) is 18.7 Å². The van der Waals surface area contributed by atoms with E-state index in [0.717, 1.165) is 23.3 Å². The minimum atomic E-state index is -3.94. The molecular weight excluding hydrogens is 315 g/mol. The van der Waals surface area contributed by atoms with Crippen LogP contribution in [0.1, 0.15) is 11.1 Å². The first-order chi connectivity index (χ1) is 9.70. The zero-order chi connectivity index (χ0) is 15.8. The summed E-state index contributed by atoms with van der Waals surface area (Å²) in [7, 11) is -3.94. The van der Waals surface area contributed by atoms with Crippen LogP contribution < -0.4 is 10.5 Å². The van der Waals surface area contributed by atoms with Gasteiger partial charge in [-0.25, -0.2) is 12.8 Å². The Bertz CT molecular complexity index is 807. The first-order valence-electron chi connectivity index (χ1n) is 6.05. The minimum Gasteiger partial charge on any atom is -0.396 e. The molecule has 0 spiro atoms. The molecule has 0 atom stereocenters. The maximum absolute atomic E-state index is 13.2. The molecule has 21 heavy (non-hydrogen) atoms. The van der Waals surface area contributed by atoms with E-state index in [0.29, 0.717) is 5.69 Å². The molecule has 0 saturated carbocycles. The molecule has 112 valence electrons. The second-order valence-electron chi connectivity index (χ2n) is 4.71. The number of sulfonamides is 1. The van der Waals surface area contributed by atoms with Crippen molar-refractivity contribution < 1.29 is 12.8 Å². The number of rotatable bonds is 3. The van der Waals surface area contributed by atoms with Crippen molar-refractivity contribution in [1.82, 2.24) is 0 Å². The second kappa shape index (κ2) is 5.54. The second-order valence-corrected chi connectivity index (χ2v) is 6.77. The van der Waals surface area contributed by atoms with Crippen molar-refractivity contribution in [3.05, 3.63) is 52.3 Å². The van der Waals surface area contributed by atoms with Gasteiger partial charge in [-0.3, -0.25) is 4.72 Å². The van der Waals surface area contributed by atoms with Crippen molar-refractivity contribution >= 4 is 33.0 Å². The van der Waals surface area contributed by atoms with Crippen LogP contribution in [0, 0.1) is 19.7 Å². The summed E-state index contributed by atoms with van der Waals surface area (Å²) in [6.07, 6.45) is 0. The Morgan fingerprint density at radius 3 is 2.43 bits per heavy atom. The molecule has 2 rings (SSSR count). The highest BCUT2D eigenvalue weighted by molar-refractivity contribution is 7.92. The zero-order valence-corrected chi connectivity index (χ0v) is 13.0. The van der Waals surface area contributed by atoms with E-state index in [2.05, 4.69) is 4.72 Å². The molecule has 0 fully saturated rings. The molecular formula is C14H14ClFN2O2S. The zero-order valence-electron chi connectivity index (χ0n) is 11.4. The van der Waals surface area contributed by atoms with E-state index in [1.807, 2.05) is 13.8 Å². The molecule has 0 aromatic heterocycles. The Labute approximate surface area is 127 Å². The summed E-state index contributed by atoms with van der Waals surface area (Å²) in [5, 5.41) is -0.224. The quantitative estimate of drug-likeness (QED) is 0.847. The predicted molar refractivity (Wildman–Crippen MR) is 82.5 cm³/mol. The standard InChI is InChI=1S/C14H14ClFN2O2S/c1-8-3-4-10(5-9(8)2)18-21(19,20)14-7-13(17)12(16)6-11(14)15/h3-7,18H,17H2,1-2H3. The van der Waals surface area contributed by atoms with Crippen LogP contribution in [0.2, 0.25) is 5.02 Å². The summed E-state index contributed by atoms with van der Waals surface area (Å²) >= 11 is 5.79. The first-order valence-corrected chi connectivity index (χ1v) is 7.91. The van der Waals surface area contributed by atoms with Gasteiger partial charge in [0.15, 0.2) is 0 Å². The van der Waals surface area contributed by atoms with Gasteiger partial charge in [-0.05, 0) is 49.2 Å². The van der Waals surface area contributed by atoms with Gasteiger partial charge in [0.1, 0.15) is 10.7 Å². The van der Waals surface area contributed by atoms with Crippen molar-refractivity contribution in [1.29, 1.82) is 0 Å². The Kier molecular flexibility index (Phi) is 4.11. The molecule has 2 aromatic carbocycles. The van der Waals surface area contributed by atoms with Gasteiger partial charge >= 0.3 is 0 Å². The maximum atomic E-state index is 13.2. The van der Waals surface area contributed by atoms with E-state index in [4.69, 9.17) is 17.3 Å². The molecule has 0 saturated heterocycles. The van der Waals surface area contributed by atoms with Crippen molar-refractivity contribution in [3.63, 3.8) is 0 Å². The summed E-state index contributed by atoms with van der Waals surface area (Å²) in [4.78, 5) is -0.263. The van der Waals surface area contributed by atoms with Crippen molar-refractivity contribution in [2.24, 2.45) is 0 Å². The lowest BCUT2D eigenvalue weighted by Gasteiger charge is -2.12. The van der Waals surface area contributed by atoms with Crippen molar-refractivity contribution in [2.75, 3.05) is 10.5 Å². The third-order valence-electron chi connectivity index (χ3n) is 3.10. The van der Waals surface area contributed by atoms with Gasteiger partial charge in [-0.1, -0.05) is 17.7 Å². The lowest BCUT2D eigenvalue weighted by atomic mass is 10.1. The highest BCUT2D eigenvalue weighted by atomic mass is 35.5. The van der Waals surface area contributed by atoms with Gasteiger partial charge in [0.25, 0.3) is 10.0 Å². The number of nitrogen functional groups attached to an aromatic ring is 1. The third kappa shape index (κ3) is 3.28. The molecule has 0 aliphatic carbocycles. The number of aryl methyl sites for hydroxylation is 2. The van der Waals surface area contributed by atoms with Crippen LogP contribution in [0.5, 0.6) is 0 Å². The number of halogens is 2. The number of anilines is 2. The summed E-state index contributed by atoms with van der Waals surface area (Å²) in [5.41, 5.74) is 7.51. The molecule has 0 radical (unpaired) electrons. The topological polar surface area (TPSA) is 72.2 Å². The van der Waals surface area contributed by atoms with Crippen molar-refractivity contribution in [3.8, 4) is 0 Å². The van der Waals surface area contributed by atoms with Gasteiger partial charge < -0.3 is 5.73 Å². The Balaban J connectivity index is 2.43. The van der Waals surface area contributed by atoms with Gasteiger partial charge in [0.05, 0.1) is 10.7 Å². The lowest BCUT2D eigenvalue weighted by molar-refractivity contribution is 0.600. The van der Waals surface area contributed by atoms with E-state index in [1.54, 1.807) is 18.2 Å². The van der Waals surface area contributed by atoms with Gasteiger partial charge in [0, 0.05) is 5.69 Å². The fourth-order valence-corrected chi connectivity index (χ4v) is 3.37. The van der Waals surface area contributed by atoms with E-state index >= 15 is 0 Å². The summed E-state index contributed by atoms with van der Waals surface area (Å²) < 4.78 is 40.3. The number of nitrogens with one attached hydrogen (secondary N) is 1. The van der Waals surface area contributed by atoms with Crippen LogP contribution in [0.15, 0.2) is 35.2 Å². The third-order valence-corrected chi connectivity index (χ3v) is 4.95. The molecule has 0 aliphatic rings. The van der Waals surface area contributed by atoms with Crippen LogP contribution in [-0.4, -0.2) is 8.42 Å². The molecule has 0 amide bonds. The van der Waals surface area contributed by atoms with Crippen LogP contribution >= 0.6 is 11.6 Å². The average molecular weight is 329 g/mol. The smallest absolute Gasteiger partial charge is 0.263 e. The number of hydrogen-bond donors (Lipinski definition) is 2. The minimum absolute atomic E-state index is 0.224. The fraction of sp³-hybridized carbons (Fsp3) is 0.143. The van der Waals surface area contributed by atoms with Crippen LogP contribution in [-0.2, 0) is 10.0 Å². The monoisotopic (exact) mass is 328 g/mol. The maximum Gasteiger partial charge on any atom is 0.263 e. The van der Waals surface area contributed by atoms with Gasteiger partial charge in [0.2, 0.25) is 0 Å². The molecule has 3 N–H and O–H groups in total. The van der Waals surface area contributed by atoms with Gasteiger partial charge in [-0.2, -0.15) is 0 Å². The Morgan fingerprint density at radius 2 is 1.81 bits per heavy atom. The molecule has 0 unspecified atom stereocenters. The van der Waals surface area contributed by atoms with Crippen LogP contribution in [0.3, 0.4) is 0 Å². The largest absolute Gasteiger partial charge is 0.396 e. The lowest BCUT2D eigenvalue weighted by Crippen LogP contribution is -2.14. The average Bonchev–Trinajstić information content (AvgIpc) is 2.37. The molecule has 2 aromatic rings. The SMILES string of the molecule is Cc1ccc(NS(=O)(=O)c2cc(N)c(F)cc2Cl)cc1C. The van der Waals surface area contributed by atoms with E-state index in [1.165, 1.54) is 0 Å². The van der Waals surface area contributed by atoms with Crippen LogP contribution in [0.4, 0.5) is 15.8 Å². The Hall–Kier alpha value is -1.79. The molecule has 0 aliphatic heterocycles. The number of benzene rings is 2. The molecule has 0 bridgehead atoms. The molecule has 4 nitrogen and oxygen atoms in total. The molecule has 0 heterocycles. The normalized spacial score (nSPS) is 11.4.